The predicted molar refractivity (Wildman–Crippen MR) is 102 cm³/mol. The lowest BCUT2D eigenvalue weighted by molar-refractivity contribution is -0.124. The molecule has 0 saturated heterocycles. The molecule has 0 fully saturated rings. The van der Waals surface area contributed by atoms with Crippen molar-refractivity contribution in [2.45, 2.75) is 13.3 Å². The van der Waals surface area contributed by atoms with Crippen LogP contribution in [0, 0.1) is 0 Å². The molecule has 0 bridgehead atoms. The van der Waals surface area contributed by atoms with Crippen LogP contribution in [0.1, 0.15) is 22.8 Å². The molecule has 28 heavy (non-hydrogen) atoms. The average molecular weight is 385 g/mol. The Balaban J connectivity index is 1.43. The molecule has 1 N–H and O–H groups in total. The predicted octanol–water partition coefficient (Wildman–Crippen LogP) is 2.37. The summed E-state index contributed by atoms with van der Waals surface area (Å²) in [5.74, 6) is 0.940. The first-order chi connectivity index (χ1) is 13.7. The van der Waals surface area contributed by atoms with Gasteiger partial charge in [0.25, 0.3) is 5.91 Å². The van der Waals surface area contributed by atoms with Gasteiger partial charge in [0.05, 0.1) is 6.61 Å². The van der Waals surface area contributed by atoms with Gasteiger partial charge in [-0.3, -0.25) is 4.79 Å². The molecule has 2 aromatic carbocycles. The summed E-state index contributed by atoms with van der Waals surface area (Å²) in [7, 11) is 0. The minimum absolute atomic E-state index is 0.299. The van der Waals surface area contributed by atoms with Gasteiger partial charge in [-0.25, -0.2) is 4.79 Å². The normalized spacial score (nSPS) is 12.2. The number of hydrogen-bond donors (Lipinski definition) is 1. The zero-order valence-corrected chi connectivity index (χ0v) is 15.7. The largest absolute Gasteiger partial charge is 0.493 e. The van der Waals surface area contributed by atoms with Gasteiger partial charge in [0.15, 0.2) is 18.1 Å². The van der Waals surface area contributed by atoms with E-state index in [9.17, 15) is 9.59 Å². The van der Waals surface area contributed by atoms with E-state index in [0.29, 0.717) is 44.1 Å². The first kappa shape index (κ1) is 19.5. The van der Waals surface area contributed by atoms with Gasteiger partial charge in [-0.2, -0.15) is 0 Å². The van der Waals surface area contributed by atoms with E-state index in [1.165, 1.54) is 0 Å². The van der Waals surface area contributed by atoms with Crippen LogP contribution in [0.4, 0.5) is 0 Å². The van der Waals surface area contributed by atoms with Crippen molar-refractivity contribution in [2.75, 3.05) is 33.0 Å². The fourth-order valence-electron chi connectivity index (χ4n) is 2.77. The third kappa shape index (κ3) is 5.16. The van der Waals surface area contributed by atoms with E-state index in [1.807, 2.05) is 25.1 Å². The van der Waals surface area contributed by atoms with E-state index in [2.05, 4.69) is 5.32 Å². The van der Waals surface area contributed by atoms with Crippen molar-refractivity contribution in [3.05, 3.63) is 53.6 Å². The van der Waals surface area contributed by atoms with E-state index in [1.54, 1.807) is 24.3 Å². The first-order valence-electron chi connectivity index (χ1n) is 9.21. The zero-order chi connectivity index (χ0) is 19.8. The summed E-state index contributed by atoms with van der Waals surface area (Å²) in [6, 6.07) is 12.5. The van der Waals surface area contributed by atoms with Gasteiger partial charge in [0.2, 0.25) is 0 Å². The van der Waals surface area contributed by atoms with Crippen LogP contribution in [0.3, 0.4) is 0 Å². The van der Waals surface area contributed by atoms with Crippen LogP contribution in [-0.4, -0.2) is 44.8 Å². The fourth-order valence-corrected chi connectivity index (χ4v) is 2.77. The topological polar surface area (TPSA) is 83.1 Å². The number of nitrogens with one attached hydrogen (secondary N) is 1. The molecule has 1 aliphatic heterocycles. The Morgan fingerprint density at radius 1 is 1.07 bits per heavy atom. The number of amides is 1. The molecule has 0 aromatic heterocycles. The second-order valence-electron chi connectivity index (χ2n) is 6.08. The highest BCUT2D eigenvalue weighted by Crippen LogP contribution is 2.30. The number of carbonyl (C=O) groups excluding carboxylic acids is 2. The Kier molecular flexibility index (Phi) is 6.73. The third-order valence-electron chi connectivity index (χ3n) is 4.08. The second kappa shape index (κ2) is 9.64. The van der Waals surface area contributed by atoms with Crippen LogP contribution >= 0.6 is 0 Å². The van der Waals surface area contributed by atoms with Gasteiger partial charge >= 0.3 is 5.97 Å². The molecule has 1 aliphatic rings. The summed E-state index contributed by atoms with van der Waals surface area (Å²) < 4.78 is 21.5. The lowest BCUT2D eigenvalue weighted by Crippen LogP contribution is -2.30. The Hall–Kier alpha value is -3.22. The van der Waals surface area contributed by atoms with Crippen molar-refractivity contribution in [1.29, 1.82) is 0 Å². The van der Waals surface area contributed by atoms with E-state index < -0.39 is 5.97 Å². The number of carbonyl (C=O) groups is 2. The van der Waals surface area contributed by atoms with Gasteiger partial charge in [0, 0.05) is 6.54 Å². The number of ether oxygens (including phenoxy) is 4. The van der Waals surface area contributed by atoms with Gasteiger partial charge in [-0.15, -0.1) is 0 Å². The molecule has 0 atom stereocenters. The number of esters is 1. The van der Waals surface area contributed by atoms with Crippen LogP contribution in [0.15, 0.2) is 42.5 Å². The molecule has 0 spiro atoms. The van der Waals surface area contributed by atoms with Gasteiger partial charge in [-0.05, 0) is 43.2 Å². The molecule has 0 saturated carbocycles. The molecule has 7 heteroatoms. The Labute approximate surface area is 163 Å². The number of hydrogen-bond acceptors (Lipinski definition) is 6. The highest BCUT2D eigenvalue weighted by Gasteiger charge is 2.15. The van der Waals surface area contributed by atoms with Crippen molar-refractivity contribution < 1.29 is 28.5 Å². The van der Waals surface area contributed by atoms with Crippen LogP contribution in [-0.2, 0) is 16.0 Å². The average Bonchev–Trinajstić information content (AvgIpc) is 2.72. The van der Waals surface area contributed by atoms with E-state index >= 15 is 0 Å². The number of rotatable bonds is 8. The maximum Gasteiger partial charge on any atom is 0.342 e. The molecular formula is C21H23NO6. The quantitative estimate of drug-likeness (QED) is 0.703. The van der Waals surface area contributed by atoms with Crippen molar-refractivity contribution in [1.82, 2.24) is 5.32 Å². The van der Waals surface area contributed by atoms with Crippen LogP contribution < -0.4 is 19.5 Å². The third-order valence-corrected chi connectivity index (χ3v) is 4.08. The highest BCUT2D eigenvalue weighted by molar-refractivity contribution is 5.93. The lowest BCUT2D eigenvalue weighted by atomic mass is 10.1. The number of para-hydroxylation sites is 1. The molecule has 1 amide bonds. The van der Waals surface area contributed by atoms with Crippen molar-refractivity contribution in [3.8, 4) is 17.2 Å². The fraction of sp³-hybridized carbons (Fsp3) is 0.333. The monoisotopic (exact) mass is 385 g/mol. The standard InChI is InChI=1S/C21H23NO6/c1-2-25-17-6-4-3-5-16(17)21(24)28-14-20(23)22-10-9-15-7-8-18-19(13-15)27-12-11-26-18/h3-8,13H,2,9-12,14H2,1H3,(H,22,23). The van der Waals surface area contributed by atoms with Crippen LogP contribution in [0.2, 0.25) is 0 Å². The van der Waals surface area contributed by atoms with Crippen molar-refractivity contribution >= 4 is 11.9 Å². The minimum Gasteiger partial charge on any atom is -0.493 e. The summed E-state index contributed by atoms with van der Waals surface area (Å²) >= 11 is 0. The number of fused-ring (bicyclic) bond motifs is 1. The van der Waals surface area contributed by atoms with Gasteiger partial charge < -0.3 is 24.3 Å². The molecule has 0 radical (unpaired) electrons. The molecule has 3 rings (SSSR count). The first-order valence-corrected chi connectivity index (χ1v) is 9.21. The molecule has 7 nitrogen and oxygen atoms in total. The Morgan fingerprint density at radius 2 is 1.86 bits per heavy atom. The van der Waals surface area contributed by atoms with Gasteiger partial charge in [-0.1, -0.05) is 18.2 Å². The summed E-state index contributed by atoms with van der Waals surface area (Å²) in [5, 5.41) is 2.74. The van der Waals surface area contributed by atoms with Crippen molar-refractivity contribution in [3.63, 3.8) is 0 Å². The Bertz CT molecular complexity index is 835. The molecule has 2 aromatic rings. The maximum atomic E-state index is 12.2. The SMILES string of the molecule is CCOc1ccccc1C(=O)OCC(=O)NCCc1ccc2c(c1)OCCO2. The summed E-state index contributed by atoms with van der Waals surface area (Å²) in [6.45, 7) is 3.43. The lowest BCUT2D eigenvalue weighted by Gasteiger charge is -2.18. The molecule has 0 aliphatic carbocycles. The maximum absolute atomic E-state index is 12.2. The van der Waals surface area contributed by atoms with Crippen molar-refractivity contribution in [2.24, 2.45) is 0 Å². The van der Waals surface area contributed by atoms with E-state index in [-0.39, 0.29) is 12.5 Å². The summed E-state index contributed by atoms with van der Waals surface area (Å²) in [4.78, 5) is 24.1. The zero-order valence-electron chi connectivity index (χ0n) is 15.7. The summed E-state index contributed by atoms with van der Waals surface area (Å²) in [5.41, 5.74) is 1.32. The van der Waals surface area contributed by atoms with Crippen LogP contribution in [0.5, 0.6) is 17.2 Å². The molecule has 1 heterocycles. The smallest absolute Gasteiger partial charge is 0.342 e. The second-order valence-corrected chi connectivity index (χ2v) is 6.08. The Morgan fingerprint density at radius 3 is 2.68 bits per heavy atom. The minimum atomic E-state index is -0.592. The van der Waals surface area contributed by atoms with E-state index in [4.69, 9.17) is 18.9 Å². The van der Waals surface area contributed by atoms with Crippen LogP contribution in [0.25, 0.3) is 0 Å². The number of benzene rings is 2. The summed E-state index contributed by atoms with van der Waals surface area (Å²) in [6.07, 6.45) is 0.628. The van der Waals surface area contributed by atoms with E-state index in [0.717, 1.165) is 17.1 Å². The highest BCUT2D eigenvalue weighted by atomic mass is 16.6. The van der Waals surface area contributed by atoms with Gasteiger partial charge in [0.1, 0.15) is 24.5 Å². The molecular weight excluding hydrogens is 362 g/mol. The molecule has 0 unspecified atom stereocenters. The molecule has 148 valence electrons.